The van der Waals surface area contributed by atoms with Gasteiger partial charge in [0.2, 0.25) is 0 Å². The zero-order chi connectivity index (χ0) is 14.7. The molecule has 1 aromatic carbocycles. The van der Waals surface area contributed by atoms with Gasteiger partial charge in [-0.2, -0.15) is 0 Å². The van der Waals surface area contributed by atoms with Crippen LogP contribution >= 0.6 is 15.9 Å². The van der Waals surface area contributed by atoms with Gasteiger partial charge in [0.25, 0.3) is 0 Å². The Hall–Kier alpha value is -0.380. The van der Waals surface area contributed by atoms with Crippen molar-refractivity contribution in [2.45, 2.75) is 68.9 Å². The molecule has 0 aromatic heterocycles. The largest absolute Gasteiger partial charge is 0.389 e. The Morgan fingerprint density at radius 2 is 1.67 bits per heavy atom. The predicted molar refractivity (Wildman–Crippen MR) is 90.6 cm³/mol. The van der Waals surface area contributed by atoms with E-state index in [1.54, 1.807) is 0 Å². The average Bonchev–Trinajstić information content (AvgIpc) is 2.64. The summed E-state index contributed by atoms with van der Waals surface area (Å²) >= 11 is 3.49. The fraction of sp³-hybridized carbons (Fsp3) is 0.667. The van der Waals surface area contributed by atoms with E-state index in [2.05, 4.69) is 45.5 Å². The van der Waals surface area contributed by atoms with Crippen LogP contribution in [0.25, 0.3) is 0 Å². The Morgan fingerprint density at radius 3 is 2.29 bits per heavy atom. The van der Waals surface area contributed by atoms with Crippen LogP contribution in [-0.2, 0) is 0 Å². The number of benzene rings is 1. The highest BCUT2D eigenvalue weighted by atomic mass is 79.9. The van der Waals surface area contributed by atoms with Crippen molar-refractivity contribution in [3.05, 3.63) is 34.3 Å². The molecule has 0 spiro atoms. The summed E-state index contributed by atoms with van der Waals surface area (Å²) in [5.41, 5.74) is 1.00. The highest BCUT2D eigenvalue weighted by Gasteiger charge is 2.33. The quantitative estimate of drug-likeness (QED) is 0.789. The smallest absolute Gasteiger partial charge is 0.0771 e. The van der Waals surface area contributed by atoms with E-state index in [9.17, 15) is 5.11 Å². The van der Waals surface area contributed by atoms with Crippen LogP contribution in [0.5, 0.6) is 0 Å². The lowest BCUT2D eigenvalue weighted by molar-refractivity contribution is 0.0192. The maximum absolute atomic E-state index is 10.7. The van der Waals surface area contributed by atoms with Gasteiger partial charge >= 0.3 is 0 Å². The Labute approximate surface area is 136 Å². The molecule has 0 atom stereocenters. The molecule has 2 aliphatic rings. The van der Waals surface area contributed by atoms with Crippen molar-refractivity contribution in [2.75, 3.05) is 6.54 Å². The standard InChI is InChI=1S/C18H26BrNO/c19-16-7-5-14(6-8-16)15-11-17(12-15)20-13-18(21)9-3-1-2-4-10-18/h5-8,15,17,20-21H,1-4,9-13H2. The summed E-state index contributed by atoms with van der Waals surface area (Å²) < 4.78 is 1.15. The van der Waals surface area contributed by atoms with Gasteiger partial charge in [0.05, 0.1) is 5.60 Å². The van der Waals surface area contributed by atoms with Crippen molar-refractivity contribution >= 4 is 15.9 Å². The third-order valence-electron chi connectivity index (χ3n) is 5.23. The van der Waals surface area contributed by atoms with E-state index in [1.165, 1.54) is 44.1 Å². The third kappa shape index (κ3) is 4.08. The zero-order valence-electron chi connectivity index (χ0n) is 12.7. The molecule has 3 rings (SSSR count). The van der Waals surface area contributed by atoms with E-state index >= 15 is 0 Å². The second-order valence-corrected chi connectivity index (χ2v) is 7.85. The van der Waals surface area contributed by atoms with E-state index in [1.807, 2.05) is 0 Å². The Bertz CT molecular complexity index is 445. The minimum Gasteiger partial charge on any atom is -0.389 e. The summed E-state index contributed by atoms with van der Waals surface area (Å²) in [6.07, 6.45) is 9.31. The monoisotopic (exact) mass is 351 g/mol. The molecule has 116 valence electrons. The number of aliphatic hydroxyl groups is 1. The molecule has 0 aliphatic heterocycles. The molecule has 2 aliphatic carbocycles. The van der Waals surface area contributed by atoms with Crippen LogP contribution in [0.1, 0.15) is 62.8 Å². The van der Waals surface area contributed by atoms with E-state index in [0.29, 0.717) is 12.0 Å². The van der Waals surface area contributed by atoms with E-state index in [4.69, 9.17) is 0 Å². The highest BCUT2D eigenvalue weighted by Crippen LogP contribution is 2.37. The zero-order valence-corrected chi connectivity index (χ0v) is 14.2. The third-order valence-corrected chi connectivity index (χ3v) is 5.76. The van der Waals surface area contributed by atoms with Crippen molar-refractivity contribution in [3.63, 3.8) is 0 Å². The van der Waals surface area contributed by atoms with E-state index < -0.39 is 5.60 Å². The van der Waals surface area contributed by atoms with Gasteiger partial charge in [-0.1, -0.05) is 53.7 Å². The van der Waals surface area contributed by atoms with Crippen molar-refractivity contribution in [1.29, 1.82) is 0 Å². The molecular formula is C18H26BrNO. The summed E-state index contributed by atoms with van der Waals surface area (Å²) in [6, 6.07) is 9.30. The molecule has 0 saturated heterocycles. The molecule has 0 unspecified atom stereocenters. The first-order valence-electron chi connectivity index (χ1n) is 8.36. The first-order valence-corrected chi connectivity index (χ1v) is 9.15. The van der Waals surface area contributed by atoms with Gasteiger partial charge in [0.1, 0.15) is 0 Å². The normalized spacial score (nSPS) is 28.7. The van der Waals surface area contributed by atoms with E-state index in [0.717, 1.165) is 23.9 Å². The minimum atomic E-state index is -0.445. The van der Waals surface area contributed by atoms with Crippen LogP contribution in [-0.4, -0.2) is 23.3 Å². The van der Waals surface area contributed by atoms with Gasteiger partial charge < -0.3 is 10.4 Å². The van der Waals surface area contributed by atoms with Gasteiger partial charge in [0.15, 0.2) is 0 Å². The first-order chi connectivity index (χ1) is 10.1. The molecule has 0 radical (unpaired) electrons. The summed E-state index contributed by atoms with van der Waals surface area (Å²) in [5, 5.41) is 14.3. The summed E-state index contributed by atoms with van der Waals surface area (Å²) in [6.45, 7) is 0.782. The maximum atomic E-state index is 10.7. The molecule has 2 N–H and O–H groups in total. The van der Waals surface area contributed by atoms with Crippen LogP contribution in [0.15, 0.2) is 28.7 Å². The van der Waals surface area contributed by atoms with Crippen LogP contribution in [0, 0.1) is 0 Å². The topological polar surface area (TPSA) is 32.3 Å². The molecular weight excluding hydrogens is 326 g/mol. The fourth-order valence-electron chi connectivity index (χ4n) is 3.69. The van der Waals surface area contributed by atoms with E-state index in [-0.39, 0.29) is 0 Å². The number of rotatable bonds is 4. The van der Waals surface area contributed by atoms with Gasteiger partial charge in [-0.05, 0) is 49.3 Å². The number of hydrogen-bond acceptors (Lipinski definition) is 2. The van der Waals surface area contributed by atoms with Crippen LogP contribution < -0.4 is 5.32 Å². The van der Waals surface area contributed by atoms with Crippen molar-refractivity contribution in [1.82, 2.24) is 5.32 Å². The number of halogens is 1. The van der Waals surface area contributed by atoms with Gasteiger partial charge in [-0.25, -0.2) is 0 Å². The molecule has 2 saturated carbocycles. The van der Waals surface area contributed by atoms with Gasteiger partial charge in [-0.15, -0.1) is 0 Å². The lowest BCUT2D eigenvalue weighted by Gasteiger charge is -2.39. The average molecular weight is 352 g/mol. The SMILES string of the molecule is OC1(CNC2CC(c3ccc(Br)cc3)C2)CCCCCC1. The van der Waals surface area contributed by atoms with Gasteiger partial charge in [-0.3, -0.25) is 0 Å². The second kappa shape index (κ2) is 6.80. The van der Waals surface area contributed by atoms with Crippen molar-refractivity contribution in [2.24, 2.45) is 0 Å². The molecule has 21 heavy (non-hydrogen) atoms. The summed E-state index contributed by atoms with van der Waals surface area (Å²) in [4.78, 5) is 0. The van der Waals surface area contributed by atoms with Crippen LogP contribution in [0.4, 0.5) is 0 Å². The van der Waals surface area contributed by atoms with Crippen LogP contribution in [0.3, 0.4) is 0 Å². The molecule has 3 heteroatoms. The molecule has 0 heterocycles. The molecule has 1 aromatic rings. The Balaban J connectivity index is 1.43. The highest BCUT2D eigenvalue weighted by molar-refractivity contribution is 9.10. The molecule has 0 bridgehead atoms. The molecule has 2 nitrogen and oxygen atoms in total. The lowest BCUT2D eigenvalue weighted by atomic mass is 9.75. The minimum absolute atomic E-state index is 0.445. The fourth-order valence-corrected chi connectivity index (χ4v) is 3.95. The van der Waals surface area contributed by atoms with Gasteiger partial charge in [0, 0.05) is 17.1 Å². The first kappa shape index (κ1) is 15.5. The maximum Gasteiger partial charge on any atom is 0.0771 e. The second-order valence-electron chi connectivity index (χ2n) is 6.94. The number of hydrogen-bond donors (Lipinski definition) is 2. The van der Waals surface area contributed by atoms with Crippen LogP contribution in [0.2, 0.25) is 0 Å². The van der Waals surface area contributed by atoms with Crippen molar-refractivity contribution < 1.29 is 5.11 Å². The van der Waals surface area contributed by atoms with Crippen molar-refractivity contribution in [3.8, 4) is 0 Å². The lowest BCUT2D eigenvalue weighted by Crippen LogP contribution is -2.48. The molecule has 0 amide bonds. The Kier molecular flexibility index (Phi) is 5.03. The Morgan fingerprint density at radius 1 is 1.05 bits per heavy atom. The molecule has 2 fully saturated rings. The summed E-state index contributed by atoms with van der Waals surface area (Å²) in [5.74, 6) is 0.694. The predicted octanol–water partition coefficient (Wildman–Crippen LogP) is 4.37. The summed E-state index contributed by atoms with van der Waals surface area (Å²) in [7, 11) is 0. The number of nitrogens with one attached hydrogen (secondary N) is 1.